The molecule has 0 amide bonds. The first kappa shape index (κ1) is 32.9. The number of pyridine rings is 1. The lowest BCUT2D eigenvalue weighted by atomic mass is 9.93. The van der Waals surface area contributed by atoms with Crippen LogP contribution in [0.5, 0.6) is 0 Å². The summed E-state index contributed by atoms with van der Waals surface area (Å²) in [6, 6.07) is 30.6. The Morgan fingerprint density at radius 3 is 1.66 bits per heavy atom. The van der Waals surface area contributed by atoms with Crippen LogP contribution in [0.4, 0.5) is 34.5 Å². The van der Waals surface area contributed by atoms with Crippen LogP contribution in [-0.2, 0) is 6.42 Å². The van der Waals surface area contributed by atoms with Crippen molar-refractivity contribution in [2.45, 2.75) is 12.3 Å². The van der Waals surface area contributed by atoms with Crippen LogP contribution < -0.4 is 24.9 Å². The van der Waals surface area contributed by atoms with Gasteiger partial charge in [0, 0.05) is 107 Å². The smallest absolute Gasteiger partial charge is 0.242 e. The van der Waals surface area contributed by atoms with E-state index in [9.17, 15) is 0 Å². The lowest BCUT2D eigenvalue weighted by molar-refractivity contribution is 0.761. The molecule has 0 atom stereocenters. The maximum Gasteiger partial charge on any atom is 0.242 e. The standard InChI is InChI=1S/C42H42N10S/c1-47(2)24-9-13-29-31(17-24)32-18-25(48(3)4)10-14-30(32)33(29)23-38-43-39-21-28(53)22-40-45-42(46-41(44-38)52(39)40)51-36-15-11-26(49(5)6)19-34(36)35-20-27(50(7)8)12-16-37(35)51/h9-22,33H,23H2,1-8H3,(H,43,44,45,46). The molecule has 4 heterocycles. The van der Waals surface area contributed by atoms with Gasteiger partial charge in [-0.15, -0.1) is 0 Å². The number of aliphatic imine (C=N–C) groups is 1. The molecule has 0 saturated heterocycles. The van der Waals surface area contributed by atoms with E-state index in [-0.39, 0.29) is 5.92 Å². The van der Waals surface area contributed by atoms with Gasteiger partial charge in [-0.05, 0) is 95.1 Å². The molecule has 0 saturated carbocycles. The van der Waals surface area contributed by atoms with E-state index in [4.69, 9.17) is 27.2 Å². The molecule has 2 aliphatic rings. The number of nitrogens with one attached hydrogen (secondary N) is 1. The first-order valence-corrected chi connectivity index (χ1v) is 18.2. The number of benzene rings is 4. The summed E-state index contributed by atoms with van der Waals surface area (Å²) < 4.78 is 4.86. The zero-order valence-electron chi connectivity index (χ0n) is 31.3. The normalized spacial score (nSPS) is 13.2. The third-order valence-electron chi connectivity index (χ3n) is 10.6. The highest BCUT2D eigenvalue weighted by Gasteiger charge is 2.31. The third-order valence-corrected chi connectivity index (χ3v) is 10.9. The minimum Gasteiger partial charge on any atom is -0.378 e. The van der Waals surface area contributed by atoms with Gasteiger partial charge in [-0.3, -0.25) is 4.57 Å². The van der Waals surface area contributed by atoms with Crippen molar-refractivity contribution < 1.29 is 0 Å². The maximum atomic E-state index is 5.81. The van der Waals surface area contributed by atoms with Gasteiger partial charge in [0.15, 0.2) is 0 Å². The Morgan fingerprint density at radius 1 is 0.623 bits per heavy atom. The van der Waals surface area contributed by atoms with Gasteiger partial charge >= 0.3 is 0 Å². The molecule has 0 radical (unpaired) electrons. The van der Waals surface area contributed by atoms with Gasteiger partial charge in [-0.2, -0.15) is 9.98 Å². The quantitative estimate of drug-likeness (QED) is 0.173. The molecule has 1 N–H and O–H groups in total. The fourth-order valence-electron chi connectivity index (χ4n) is 7.85. The van der Waals surface area contributed by atoms with Gasteiger partial charge in [0.2, 0.25) is 11.9 Å². The van der Waals surface area contributed by atoms with Crippen LogP contribution in [0.3, 0.4) is 0 Å². The number of fused-ring (bicyclic) bond motifs is 6. The SMILES string of the molecule is CN(C)c1ccc2c(c1)-c1cc(N(C)C)ccc1C2Cc1nc2n3c(cc(=S)cc3n1)NC(n1c3ccc(N(C)C)cc3c3cc(N(C)C)ccc31)=N2. The van der Waals surface area contributed by atoms with Crippen molar-refractivity contribution in [2.24, 2.45) is 4.99 Å². The molecule has 11 heteroatoms. The minimum atomic E-state index is 0.0903. The third kappa shape index (κ3) is 5.29. The highest BCUT2D eigenvalue weighted by atomic mass is 32.1. The van der Waals surface area contributed by atoms with E-state index in [1.807, 2.05) is 16.5 Å². The Hall–Kier alpha value is -5.94. The average Bonchev–Trinajstić information content (AvgIpc) is 3.62. The highest BCUT2D eigenvalue weighted by molar-refractivity contribution is 7.71. The predicted molar refractivity (Wildman–Crippen MR) is 224 cm³/mol. The zero-order chi connectivity index (χ0) is 36.9. The van der Waals surface area contributed by atoms with E-state index in [2.05, 4.69) is 159 Å². The average molecular weight is 719 g/mol. The second-order valence-electron chi connectivity index (χ2n) is 14.9. The van der Waals surface area contributed by atoms with Crippen molar-refractivity contribution >= 4 is 80.1 Å². The molecule has 1 aliphatic carbocycles. The lowest BCUT2D eigenvalue weighted by Crippen LogP contribution is -2.26. The number of nitrogens with zero attached hydrogens (tertiary/aromatic N) is 9. The molecule has 1 aliphatic heterocycles. The van der Waals surface area contributed by atoms with E-state index < -0.39 is 0 Å². The van der Waals surface area contributed by atoms with Crippen LogP contribution in [0.1, 0.15) is 22.9 Å². The topological polar surface area (TPSA) is 72.5 Å². The minimum absolute atomic E-state index is 0.0903. The molecule has 0 bridgehead atoms. The van der Waals surface area contributed by atoms with E-state index in [1.54, 1.807) is 0 Å². The molecular formula is C42H42N10S. The Labute approximate surface area is 314 Å². The summed E-state index contributed by atoms with van der Waals surface area (Å²) in [4.78, 5) is 24.2. The summed E-state index contributed by atoms with van der Waals surface area (Å²) in [5.74, 6) is 2.83. The van der Waals surface area contributed by atoms with Gasteiger partial charge in [-0.25, -0.2) is 9.38 Å². The Bertz CT molecular complexity index is 2610. The van der Waals surface area contributed by atoms with Gasteiger partial charge in [-0.1, -0.05) is 24.4 Å². The molecule has 10 nitrogen and oxygen atoms in total. The van der Waals surface area contributed by atoms with Crippen LogP contribution in [-0.4, -0.2) is 81.3 Å². The summed E-state index contributed by atoms with van der Waals surface area (Å²) in [6.07, 6.45) is 0.622. The Kier molecular flexibility index (Phi) is 7.49. The van der Waals surface area contributed by atoms with E-state index in [0.717, 1.165) is 50.5 Å². The molecule has 53 heavy (non-hydrogen) atoms. The molecule has 3 aromatic heterocycles. The molecule has 0 spiro atoms. The molecule has 4 aromatic carbocycles. The number of hydrogen-bond donors (Lipinski definition) is 1. The fourth-order valence-corrected chi connectivity index (χ4v) is 8.06. The fraction of sp³-hybridized carbons (Fsp3) is 0.238. The zero-order valence-corrected chi connectivity index (χ0v) is 32.1. The van der Waals surface area contributed by atoms with Crippen molar-refractivity contribution in [3.05, 3.63) is 106 Å². The van der Waals surface area contributed by atoms with Crippen molar-refractivity contribution in [3.63, 3.8) is 0 Å². The number of anilines is 5. The van der Waals surface area contributed by atoms with Gasteiger partial charge < -0.3 is 24.9 Å². The molecular weight excluding hydrogens is 677 g/mol. The second kappa shape index (κ2) is 12.1. The van der Waals surface area contributed by atoms with Crippen LogP contribution in [0, 0.1) is 4.51 Å². The van der Waals surface area contributed by atoms with Crippen molar-refractivity contribution in [3.8, 4) is 11.1 Å². The van der Waals surface area contributed by atoms with Crippen LogP contribution in [0.25, 0.3) is 38.6 Å². The Morgan fingerprint density at radius 2 is 1.13 bits per heavy atom. The largest absolute Gasteiger partial charge is 0.378 e. The van der Waals surface area contributed by atoms with Crippen molar-refractivity contribution in [1.29, 1.82) is 0 Å². The number of aromatic nitrogens is 4. The maximum absolute atomic E-state index is 5.81. The predicted octanol–water partition coefficient (Wildman–Crippen LogP) is 8.15. The van der Waals surface area contributed by atoms with E-state index >= 15 is 0 Å². The van der Waals surface area contributed by atoms with Gasteiger partial charge in [0.05, 0.1) is 11.0 Å². The van der Waals surface area contributed by atoms with E-state index in [0.29, 0.717) is 22.8 Å². The second-order valence-corrected chi connectivity index (χ2v) is 15.4. The summed E-state index contributed by atoms with van der Waals surface area (Å²) >= 11 is 5.81. The van der Waals surface area contributed by atoms with E-state index in [1.165, 1.54) is 33.6 Å². The number of hydrogen-bond acceptors (Lipinski definition) is 9. The molecule has 0 fully saturated rings. The van der Waals surface area contributed by atoms with Crippen LogP contribution in [0.15, 0.2) is 89.9 Å². The molecule has 9 rings (SSSR count). The molecule has 0 unspecified atom stereocenters. The monoisotopic (exact) mass is 718 g/mol. The summed E-state index contributed by atoms with van der Waals surface area (Å²) in [5.41, 5.74) is 12.5. The van der Waals surface area contributed by atoms with Crippen LogP contribution >= 0.6 is 12.2 Å². The lowest BCUT2D eigenvalue weighted by Gasteiger charge is -2.22. The Balaban J connectivity index is 1.21. The highest BCUT2D eigenvalue weighted by Crippen LogP contribution is 2.48. The van der Waals surface area contributed by atoms with Crippen molar-refractivity contribution in [2.75, 3.05) is 81.3 Å². The van der Waals surface area contributed by atoms with Gasteiger partial charge in [0.1, 0.15) is 17.3 Å². The molecule has 7 aromatic rings. The molecule has 266 valence electrons. The van der Waals surface area contributed by atoms with Gasteiger partial charge in [0.25, 0.3) is 0 Å². The van der Waals surface area contributed by atoms with Crippen molar-refractivity contribution in [1.82, 2.24) is 18.9 Å². The first-order chi connectivity index (χ1) is 25.4. The summed E-state index contributed by atoms with van der Waals surface area (Å²) in [5, 5.41) is 5.91. The first-order valence-electron chi connectivity index (χ1n) is 17.8. The summed E-state index contributed by atoms with van der Waals surface area (Å²) in [6.45, 7) is 0. The van der Waals surface area contributed by atoms with Crippen LogP contribution in [0.2, 0.25) is 0 Å². The summed E-state index contributed by atoms with van der Waals surface area (Å²) in [7, 11) is 16.6. The number of rotatable bonds is 6.